The van der Waals surface area contributed by atoms with Gasteiger partial charge in [0.25, 0.3) is 0 Å². The van der Waals surface area contributed by atoms with Gasteiger partial charge in [-0.05, 0) is 12.8 Å². The molecular formula is C14H20N2O3. The van der Waals surface area contributed by atoms with E-state index < -0.39 is 0 Å². The Morgan fingerprint density at radius 3 is 2.68 bits per heavy atom. The molecule has 0 radical (unpaired) electrons. The number of rotatable bonds is 3. The lowest BCUT2D eigenvalue weighted by atomic mass is 10.0. The Kier molecular flexibility index (Phi) is 3.38. The SMILES string of the molecule is Nc1cc2c(cc1NC1CCCC1CO)OCCO2. The summed E-state index contributed by atoms with van der Waals surface area (Å²) in [5, 5.41) is 12.8. The molecule has 1 aromatic carbocycles. The van der Waals surface area contributed by atoms with E-state index in [9.17, 15) is 5.11 Å². The van der Waals surface area contributed by atoms with Gasteiger partial charge in [-0.25, -0.2) is 0 Å². The van der Waals surface area contributed by atoms with E-state index in [-0.39, 0.29) is 12.6 Å². The highest BCUT2D eigenvalue weighted by Crippen LogP contribution is 2.38. The molecule has 1 fully saturated rings. The molecule has 2 unspecified atom stereocenters. The fourth-order valence-corrected chi connectivity index (χ4v) is 2.87. The normalized spacial score (nSPS) is 25.3. The van der Waals surface area contributed by atoms with Crippen LogP contribution in [0.15, 0.2) is 12.1 Å². The summed E-state index contributed by atoms with van der Waals surface area (Å²) in [6.07, 6.45) is 3.28. The van der Waals surface area contributed by atoms with Gasteiger partial charge in [-0.15, -0.1) is 0 Å². The molecule has 0 bridgehead atoms. The maximum atomic E-state index is 9.36. The summed E-state index contributed by atoms with van der Waals surface area (Å²) in [6.45, 7) is 1.36. The third-order valence-electron chi connectivity index (χ3n) is 3.95. The van der Waals surface area contributed by atoms with E-state index in [2.05, 4.69) is 5.32 Å². The summed E-state index contributed by atoms with van der Waals surface area (Å²) >= 11 is 0. The lowest BCUT2D eigenvalue weighted by Gasteiger charge is -2.24. The quantitative estimate of drug-likeness (QED) is 0.723. The summed E-state index contributed by atoms with van der Waals surface area (Å²) in [6, 6.07) is 3.99. The Hall–Kier alpha value is -1.62. The van der Waals surface area contributed by atoms with Crippen LogP contribution < -0.4 is 20.5 Å². The molecule has 2 atom stereocenters. The first-order valence-corrected chi connectivity index (χ1v) is 6.84. The summed E-state index contributed by atoms with van der Waals surface area (Å²) in [4.78, 5) is 0. The van der Waals surface area contributed by atoms with E-state index >= 15 is 0 Å². The lowest BCUT2D eigenvalue weighted by Crippen LogP contribution is -2.27. The van der Waals surface area contributed by atoms with Crippen molar-refractivity contribution in [2.75, 3.05) is 30.9 Å². The summed E-state index contributed by atoms with van der Waals surface area (Å²) in [5.74, 6) is 1.76. The zero-order valence-electron chi connectivity index (χ0n) is 10.9. The zero-order valence-corrected chi connectivity index (χ0v) is 10.9. The predicted octanol–water partition coefficient (Wildman–Crippen LogP) is 1.61. The van der Waals surface area contributed by atoms with Gasteiger partial charge in [-0.3, -0.25) is 0 Å². The summed E-state index contributed by atoms with van der Waals surface area (Å²) in [7, 11) is 0. The van der Waals surface area contributed by atoms with Crippen molar-refractivity contribution in [3.05, 3.63) is 12.1 Å². The van der Waals surface area contributed by atoms with Crippen LogP contribution in [0.2, 0.25) is 0 Å². The molecule has 0 saturated heterocycles. The molecule has 1 aromatic rings. The molecule has 5 nitrogen and oxygen atoms in total. The number of hydrogen-bond donors (Lipinski definition) is 3. The van der Waals surface area contributed by atoms with Crippen molar-refractivity contribution < 1.29 is 14.6 Å². The van der Waals surface area contributed by atoms with Crippen molar-refractivity contribution >= 4 is 11.4 Å². The number of nitrogen functional groups attached to an aromatic ring is 1. The van der Waals surface area contributed by atoms with Gasteiger partial charge in [0.05, 0.1) is 11.4 Å². The second kappa shape index (κ2) is 5.17. The number of fused-ring (bicyclic) bond motifs is 1. The van der Waals surface area contributed by atoms with E-state index in [0.29, 0.717) is 30.6 Å². The summed E-state index contributed by atoms with van der Waals surface area (Å²) in [5.41, 5.74) is 7.58. The highest BCUT2D eigenvalue weighted by molar-refractivity contribution is 5.72. The number of anilines is 2. The monoisotopic (exact) mass is 264 g/mol. The van der Waals surface area contributed by atoms with Crippen molar-refractivity contribution in [3.63, 3.8) is 0 Å². The fraction of sp³-hybridized carbons (Fsp3) is 0.571. The number of benzene rings is 1. The van der Waals surface area contributed by atoms with Crippen LogP contribution in [0.25, 0.3) is 0 Å². The van der Waals surface area contributed by atoms with Gasteiger partial charge in [0.2, 0.25) is 0 Å². The number of nitrogens with one attached hydrogen (secondary N) is 1. The molecule has 1 aliphatic carbocycles. The highest BCUT2D eigenvalue weighted by atomic mass is 16.6. The molecule has 1 aliphatic heterocycles. The maximum Gasteiger partial charge on any atom is 0.163 e. The second-order valence-electron chi connectivity index (χ2n) is 5.21. The molecule has 104 valence electrons. The molecule has 3 rings (SSSR count). The predicted molar refractivity (Wildman–Crippen MR) is 73.7 cm³/mol. The largest absolute Gasteiger partial charge is 0.486 e. The third-order valence-corrected chi connectivity index (χ3v) is 3.95. The van der Waals surface area contributed by atoms with Crippen molar-refractivity contribution in [2.45, 2.75) is 25.3 Å². The van der Waals surface area contributed by atoms with Gasteiger partial charge in [-0.1, -0.05) is 6.42 Å². The molecule has 1 saturated carbocycles. The molecule has 5 heteroatoms. The first-order valence-electron chi connectivity index (χ1n) is 6.84. The van der Waals surface area contributed by atoms with Gasteiger partial charge in [0, 0.05) is 30.7 Å². The van der Waals surface area contributed by atoms with Gasteiger partial charge < -0.3 is 25.6 Å². The Balaban J connectivity index is 1.80. The Morgan fingerprint density at radius 1 is 1.21 bits per heavy atom. The van der Waals surface area contributed by atoms with Gasteiger partial charge in [0.15, 0.2) is 11.5 Å². The molecular weight excluding hydrogens is 244 g/mol. The van der Waals surface area contributed by atoms with Crippen LogP contribution in [0.1, 0.15) is 19.3 Å². The van der Waals surface area contributed by atoms with E-state index in [1.165, 1.54) is 0 Å². The number of ether oxygens (including phenoxy) is 2. The molecule has 0 spiro atoms. The molecule has 4 N–H and O–H groups in total. The maximum absolute atomic E-state index is 9.36. The van der Waals surface area contributed by atoms with Crippen LogP contribution in [-0.4, -0.2) is 31.0 Å². The first kappa shape index (κ1) is 12.4. The zero-order chi connectivity index (χ0) is 13.2. The Bertz CT molecular complexity index is 464. The number of hydrogen-bond acceptors (Lipinski definition) is 5. The minimum atomic E-state index is 0.224. The highest BCUT2D eigenvalue weighted by Gasteiger charge is 2.27. The topological polar surface area (TPSA) is 76.7 Å². The van der Waals surface area contributed by atoms with E-state index in [4.69, 9.17) is 15.2 Å². The number of nitrogens with two attached hydrogens (primary N) is 1. The van der Waals surface area contributed by atoms with Crippen molar-refractivity contribution in [2.24, 2.45) is 5.92 Å². The van der Waals surface area contributed by atoms with Gasteiger partial charge >= 0.3 is 0 Å². The Morgan fingerprint density at radius 2 is 1.95 bits per heavy atom. The smallest absolute Gasteiger partial charge is 0.163 e. The minimum absolute atomic E-state index is 0.224. The average Bonchev–Trinajstić information content (AvgIpc) is 2.87. The first-order chi connectivity index (χ1) is 9.28. The molecule has 2 aliphatic rings. The minimum Gasteiger partial charge on any atom is -0.486 e. The van der Waals surface area contributed by atoms with Crippen molar-refractivity contribution in [1.29, 1.82) is 0 Å². The van der Waals surface area contributed by atoms with Crippen LogP contribution in [-0.2, 0) is 0 Å². The molecule has 1 heterocycles. The van der Waals surface area contributed by atoms with E-state index in [1.54, 1.807) is 6.07 Å². The molecule has 0 aromatic heterocycles. The van der Waals surface area contributed by atoms with Gasteiger partial charge in [-0.2, -0.15) is 0 Å². The van der Waals surface area contributed by atoms with E-state index in [0.717, 1.165) is 30.7 Å². The lowest BCUT2D eigenvalue weighted by molar-refractivity contribution is 0.172. The van der Waals surface area contributed by atoms with Gasteiger partial charge in [0.1, 0.15) is 13.2 Å². The van der Waals surface area contributed by atoms with Crippen LogP contribution >= 0.6 is 0 Å². The standard InChI is InChI=1S/C14H20N2O3/c15-10-6-13-14(19-5-4-18-13)7-12(10)16-11-3-1-2-9(11)8-17/h6-7,9,11,16-17H,1-5,8,15H2. The number of aliphatic hydroxyl groups excluding tert-OH is 1. The average molecular weight is 264 g/mol. The third kappa shape index (κ3) is 2.42. The van der Waals surface area contributed by atoms with Crippen LogP contribution in [0.4, 0.5) is 11.4 Å². The summed E-state index contributed by atoms with van der Waals surface area (Å²) < 4.78 is 11.1. The van der Waals surface area contributed by atoms with Crippen molar-refractivity contribution in [1.82, 2.24) is 0 Å². The van der Waals surface area contributed by atoms with Crippen LogP contribution in [0, 0.1) is 5.92 Å². The molecule has 0 amide bonds. The van der Waals surface area contributed by atoms with Crippen molar-refractivity contribution in [3.8, 4) is 11.5 Å². The molecule has 19 heavy (non-hydrogen) atoms. The fourth-order valence-electron chi connectivity index (χ4n) is 2.87. The van der Waals surface area contributed by atoms with E-state index in [1.807, 2.05) is 6.07 Å². The number of aliphatic hydroxyl groups is 1. The second-order valence-corrected chi connectivity index (χ2v) is 5.21. The van der Waals surface area contributed by atoms with Crippen LogP contribution in [0.5, 0.6) is 11.5 Å². The van der Waals surface area contributed by atoms with Crippen LogP contribution in [0.3, 0.4) is 0 Å². The Labute approximate surface area is 112 Å².